The van der Waals surface area contributed by atoms with Gasteiger partial charge in [0.05, 0.1) is 34.8 Å². The average Bonchev–Trinajstić information content (AvgIpc) is 2.79. The van der Waals surface area contributed by atoms with Gasteiger partial charge in [-0.2, -0.15) is 10.2 Å². The number of aromatic nitrogens is 2. The third-order valence-corrected chi connectivity index (χ3v) is 8.76. The van der Waals surface area contributed by atoms with Crippen molar-refractivity contribution in [3.05, 3.63) is 54.2 Å². The van der Waals surface area contributed by atoms with Crippen molar-refractivity contribution in [1.29, 1.82) is 5.26 Å². The van der Waals surface area contributed by atoms with Crippen molar-refractivity contribution < 1.29 is 17.7 Å². The number of nitriles is 1. The molecule has 0 aliphatic carbocycles. The lowest BCUT2D eigenvalue weighted by atomic mass is 10.3. The van der Waals surface area contributed by atoms with Crippen LogP contribution in [0.5, 0.6) is 5.75 Å². The molecule has 178 valence electrons. The summed E-state index contributed by atoms with van der Waals surface area (Å²) in [6.45, 7) is 6.56. The van der Waals surface area contributed by atoms with Gasteiger partial charge in [0.25, 0.3) is 0 Å². The highest BCUT2D eigenvalue weighted by Gasteiger charge is 2.23. The Bertz CT molecular complexity index is 1410. The summed E-state index contributed by atoms with van der Waals surface area (Å²) in [7, 11) is -4.55. The van der Waals surface area contributed by atoms with Gasteiger partial charge in [-0.1, -0.05) is 12.1 Å². The Labute approximate surface area is 199 Å². The Morgan fingerprint density at radius 3 is 2.41 bits per heavy atom. The fourth-order valence-electron chi connectivity index (χ4n) is 3.06. The van der Waals surface area contributed by atoms with Crippen molar-refractivity contribution in [1.82, 2.24) is 9.97 Å². The highest BCUT2D eigenvalue weighted by molar-refractivity contribution is 7.92. The van der Waals surface area contributed by atoms with Crippen molar-refractivity contribution >= 4 is 45.4 Å². The smallest absolute Gasteiger partial charge is 0.229 e. The summed E-state index contributed by atoms with van der Waals surface area (Å²) in [6.07, 6.45) is 1.34. The van der Waals surface area contributed by atoms with E-state index in [1.165, 1.54) is 19.4 Å². The van der Waals surface area contributed by atoms with E-state index in [9.17, 15) is 18.2 Å². The van der Waals surface area contributed by atoms with Crippen molar-refractivity contribution in [3.63, 3.8) is 0 Å². The summed E-state index contributed by atoms with van der Waals surface area (Å²) in [5, 5.41) is 15.6. The molecular formula is C23H26N5O4PS. The Morgan fingerprint density at radius 1 is 1.09 bits per heavy atom. The minimum atomic E-state index is -3.57. The van der Waals surface area contributed by atoms with Crippen molar-refractivity contribution in [2.45, 2.75) is 24.0 Å². The lowest BCUT2D eigenvalue weighted by Crippen LogP contribution is -2.16. The maximum Gasteiger partial charge on any atom is 0.229 e. The monoisotopic (exact) mass is 499 g/mol. The molecule has 0 saturated heterocycles. The van der Waals surface area contributed by atoms with Gasteiger partial charge in [0.15, 0.2) is 15.7 Å². The van der Waals surface area contributed by atoms with Crippen molar-refractivity contribution in [2.24, 2.45) is 0 Å². The van der Waals surface area contributed by atoms with Gasteiger partial charge >= 0.3 is 0 Å². The Balaban J connectivity index is 2.00. The zero-order valence-corrected chi connectivity index (χ0v) is 21.2. The second-order valence-electron chi connectivity index (χ2n) is 8.14. The van der Waals surface area contributed by atoms with Crippen LogP contribution in [0.4, 0.5) is 23.1 Å². The van der Waals surface area contributed by atoms with E-state index >= 15 is 0 Å². The van der Waals surface area contributed by atoms with Crippen LogP contribution in [0.1, 0.15) is 19.4 Å². The molecule has 11 heteroatoms. The van der Waals surface area contributed by atoms with Crippen LogP contribution in [0, 0.1) is 11.3 Å². The van der Waals surface area contributed by atoms with E-state index in [2.05, 4.69) is 20.6 Å². The largest absolute Gasteiger partial charge is 0.495 e. The first-order valence-corrected chi connectivity index (χ1v) is 14.5. The Hall–Kier alpha value is -3.41. The van der Waals surface area contributed by atoms with E-state index in [0.717, 1.165) is 0 Å². The highest BCUT2D eigenvalue weighted by Crippen LogP contribution is 2.38. The highest BCUT2D eigenvalue weighted by atomic mass is 32.2. The minimum absolute atomic E-state index is 0.114. The fourth-order valence-corrected chi connectivity index (χ4v) is 5.12. The Kier molecular flexibility index (Phi) is 7.29. The van der Waals surface area contributed by atoms with Gasteiger partial charge in [0.2, 0.25) is 5.95 Å². The van der Waals surface area contributed by atoms with Crippen LogP contribution in [-0.2, 0) is 14.4 Å². The van der Waals surface area contributed by atoms with Gasteiger partial charge in [-0.15, -0.1) is 0 Å². The predicted octanol–water partition coefficient (Wildman–Crippen LogP) is 4.27. The van der Waals surface area contributed by atoms with Crippen LogP contribution in [0.15, 0.2) is 53.6 Å². The van der Waals surface area contributed by atoms with Gasteiger partial charge in [-0.3, -0.25) is 0 Å². The van der Waals surface area contributed by atoms with E-state index in [-0.39, 0.29) is 22.2 Å². The number of hydrogen-bond acceptors (Lipinski definition) is 9. The lowest BCUT2D eigenvalue weighted by Gasteiger charge is -2.16. The van der Waals surface area contributed by atoms with Crippen LogP contribution >= 0.6 is 7.14 Å². The van der Waals surface area contributed by atoms with Crippen LogP contribution in [0.25, 0.3) is 0 Å². The third kappa shape index (κ3) is 5.38. The second kappa shape index (κ2) is 9.84. The van der Waals surface area contributed by atoms with Gasteiger partial charge in [-0.05, 0) is 57.5 Å². The summed E-state index contributed by atoms with van der Waals surface area (Å²) in [5.74, 6) is 0.763. The van der Waals surface area contributed by atoms with Gasteiger partial charge in [0.1, 0.15) is 24.5 Å². The number of nitrogens with zero attached hydrogens (tertiary/aromatic N) is 3. The average molecular weight is 500 g/mol. The molecule has 1 aromatic heterocycles. The number of methoxy groups -OCH3 is 1. The van der Waals surface area contributed by atoms with Gasteiger partial charge in [-0.25, -0.2) is 13.4 Å². The molecule has 2 aromatic carbocycles. The summed E-state index contributed by atoms with van der Waals surface area (Å²) in [6, 6.07) is 13.6. The first kappa shape index (κ1) is 25.2. The molecule has 0 saturated carbocycles. The zero-order valence-electron chi connectivity index (χ0n) is 19.5. The SMILES string of the molecule is COc1cc(P(C)(C)=O)ccc1Nc1ncc(C#N)c(Nc2ccccc2S(=O)(=O)C(C)C)n1. The molecule has 9 nitrogen and oxygen atoms in total. The number of sulfone groups is 1. The number of rotatable bonds is 8. The zero-order chi connectivity index (χ0) is 25.1. The minimum Gasteiger partial charge on any atom is -0.495 e. The molecule has 0 aliphatic heterocycles. The van der Waals surface area contributed by atoms with Crippen LogP contribution < -0.4 is 20.7 Å². The molecule has 0 unspecified atom stereocenters. The van der Waals surface area contributed by atoms with E-state index in [1.807, 2.05) is 6.07 Å². The number of nitrogens with one attached hydrogen (secondary N) is 2. The first-order valence-electron chi connectivity index (χ1n) is 10.3. The Morgan fingerprint density at radius 2 is 1.79 bits per heavy atom. The first-order chi connectivity index (χ1) is 16.0. The fraction of sp³-hybridized carbons (Fsp3) is 0.261. The summed E-state index contributed by atoms with van der Waals surface area (Å²) in [4.78, 5) is 8.68. The van der Waals surface area contributed by atoms with E-state index in [4.69, 9.17) is 4.74 Å². The maximum atomic E-state index is 12.8. The summed E-state index contributed by atoms with van der Waals surface area (Å²) >= 11 is 0. The molecular weight excluding hydrogens is 473 g/mol. The normalized spacial score (nSPS) is 11.7. The third-order valence-electron chi connectivity index (χ3n) is 5.03. The molecule has 1 heterocycles. The number of anilines is 4. The van der Waals surface area contributed by atoms with E-state index in [0.29, 0.717) is 22.4 Å². The van der Waals surface area contributed by atoms with Crippen LogP contribution in [0.3, 0.4) is 0 Å². The molecule has 0 bridgehead atoms. The molecule has 0 atom stereocenters. The molecule has 3 rings (SSSR count). The number of hydrogen-bond donors (Lipinski definition) is 2. The number of para-hydroxylation sites is 1. The van der Waals surface area contributed by atoms with E-state index in [1.54, 1.807) is 63.6 Å². The maximum absolute atomic E-state index is 12.8. The van der Waals surface area contributed by atoms with Gasteiger partial charge in [0, 0.05) is 5.30 Å². The standard InChI is InChI=1S/C23H26N5O4PS/c1-15(2)34(30,31)21-9-7-6-8-19(21)26-22-16(13-24)14-25-23(28-22)27-18-11-10-17(33(4,5)29)12-20(18)32-3/h6-12,14-15H,1-5H3,(H2,25,26,27,28). The van der Waals surface area contributed by atoms with Crippen molar-refractivity contribution in [2.75, 3.05) is 31.1 Å². The predicted molar refractivity (Wildman–Crippen MR) is 134 cm³/mol. The van der Waals surface area contributed by atoms with Gasteiger partial charge < -0.3 is 19.9 Å². The summed E-state index contributed by atoms with van der Waals surface area (Å²) in [5.41, 5.74) is 0.988. The molecule has 0 fully saturated rings. The van der Waals surface area contributed by atoms with Crippen LogP contribution in [0.2, 0.25) is 0 Å². The molecule has 34 heavy (non-hydrogen) atoms. The molecule has 3 aromatic rings. The summed E-state index contributed by atoms with van der Waals surface area (Å²) < 4.78 is 43.4. The quantitative estimate of drug-likeness (QED) is 0.436. The molecule has 0 aliphatic rings. The van der Waals surface area contributed by atoms with Crippen molar-refractivity contribution in [3.8, 4) is 11.8 Å². The number of benzene rings is 2. The van der Waals surface area contributed by atoms with E-state index < -0.39 is 22.2 Å². The lowest BCUT2D eigenvalue weighted by molar-refractivity contribution is 0.417. The topological polar surface area (TPSA) is 134 Å². The molecule has 2 N–H and O–H groups in total. The number of ether oxygens (including phenoxy) is 1. The molecule has 0 amide bonds. The second-order valence-corrected chi connectivity index (χ2v) is 13.8. The molecule has 0 spiro atoms. The van der Waals surface area contributed by atoms with Crippen LogP contribution in [-0.4, -0.2) is 44.1 Å². The molecule has 0 radical (unpaired) electrons.